The molecule has 2 heterocycles. The van der Waals surface area contributed by atoms with Crippen LogP contribution in [0.15, 0.2) is 42.7 Å². The van der Waals surface area contributed by atoms with Gasteiger partial charge >= 0.3 is 12.1 Å². The summed E-state index contributed by atoms with van der Waals surface area (Å²) in [6, 6.07) is 8.53. The predicted molar refractivity (Wildman–Crippen MR) is 127 cm³/mol. The largest absolute Gasteiger partial charge is 0.340 e. The lowest BCUT2D eigenvalue weighted by Gasteiger charge is -2.17. The van der Waals surface area contributed by atoms with Crippen molar-refractivity contribution in [1.29, 1.82) is 0 Å². The molecule has 0 fully saturated rings. The van der Waals surface area contributed by atoms with E-state index in [-0.39, 0.29) is 12.1 Å². The Morgan fingerprint density at radius 2 is 1.94 bits per heavy atom. The van der Waals surface area contributed by atoms with Crippen LogP contribution in [0.4, 0.5) is 27.0 Å². The molecule has 0 aliphatic carbocycles. The summed E-state index contributed by atoms with van der Waals surface area (Å²) in [6.07, 6.45) is 4.16. The van der Waals surface area contributed by atoms with Gasteiger partial charge in [-0.3, -0.25) is 9.88 Å². The van der Waals surface area contributed by atoms with Gasteiger partial charge in [0.1, 0.15) is 5.82 Å². The van der Waals surface area contributed by atoms with Crippen LogP contribution >= 0.6 is 0 Å². The molecule has 170 valence electrons. The van der Waals surface area contributed by atoms with Crippen LogP contribution in [-0.2, 0) is 0 Å². The minimum absolute atomic E-state index is 0.220. The van der Waals surface area contributed by atoms with Crippen LogP contribution in [-0.4, -0.2) is 64.7 Å². The number of carbonyl (C=O) groups is 2. The van der Waals surface area contributed by atoms with Gasteiger partial charge < -0.3 is 20.9 Å². The molecule has 4 N–H and O–H groups in total. The first kappa shape index (κ1) is 23.0. The Labute approximate surface area is 187 Å². The molecule has 0 radical (unpaired) electrons. The van der Waals surface area contributed by atoms with Gasteiger partial charge in [0.25, 0.3) is 0 Å². The molecule has 10 heteroatoms. The molecule has 0 bridgehead atoms. The second kappa shape index (κ2) is 11.1. The fourth-order valence-corrected chi connectivity index (χ4v) is 3.39. The molecule has 0 spiro atoms. The highest BCUT2D eigenvalue weighted by Crippen LogP contribution is 2.26. The summed E-state index contributed by atoms with van der Waals surface area (Å²) >= 11 is 0. The van der Waals surface area contributed by atoms with Gasteiger partial charge in [-0.1, -0.05) is 19.9 Å². The fourth-order valence-electron chi connectivity index (χ4n) is 3.39. The Morgan fingerprint density at radius 3 is 2.69 bits per heavy atom. The van der Waals surface area contributed by atoms with Crippen molar-refractivity contribution in [3.63, 3.8) is 0 Å². The number of benzene rings is 1. The van der Waals surface area contributed by atoms with E-state index in [0.717, 1.165) is 42.6 Å². The minimum atomic E-state index is -0.307. The van der Waals surface area contributed by atoms with Crippen molar-refractivity contribution < 1.29 is 9.59 Å². The highest BCUT2D eigenvalue weighted by molar-refractivity contribution is 5.99. The smallest absolute Gasteiger partial charge is 0.325 e. The Bertz CT molecular complexity index is 1060. The number of anilines is 3. The van der Waals surface area contributed by atoms with Crippen LogP contribution in [0, 0.1) is 0 Å². The van der Waals surface area contributed by atoms with Crippen LogP contribution in [0.5, 0.6) is 0 Å². The predicted octanol–water partition coefficient (Wildman–Crippen LogP) is 3.22. The first-order valence-electron chi connectivity index (χ1n) is 10.7. The highest BCUT2D eigenvalue weighted by Gasteiger charge is 2.11. The van der Waals surface area contributed by atoms with E-state index in [4.69, 9.17) is 0 Å². The maximum atomic E-state index is 12.2. The van der Waals surface area contributed by atoms with E-state index in [1.54, 1.807) is 25.5 Å². The zero-order chi connectivity index (χ0) is 22.9. The molecule has 0 saturated heterocycles. The third-order valence-corrected chi connectivity index (χ3v) is 5.14. The third kappa shape index (κ3) is 5.73. The van der Waals surface area contributed by atoms with Crippen molar-refractivity contribution in [1.82, 2.24) is 30.1 Å². The van der Waals surface area contributed by atoms with E-state index >= 15 is 0 Å². The molecule has 3 aromatic rings. The topological polar surface area (TPSA) is 116 Å². The summed E-state index contributed by atoms with van der Waals surface area (Å²) in [5.41, 5.74) is 1.51. The van der Waals surface area contributed by atoms with Crippen molar-refractivity contribution >= 4 is 40.4 Å². The Morgan fingerprint density at radius 1 is 1.12 bits per heavy atom. The van der Waals surface area contributed by atoms with Crippen LogP contribution in [0.25, 0.3) is 10.9 Å². The average Bonchev–Trinajstić information content (AvgIpc) is 3.24. The van der Waals surface area contributed by atoms with E-state index in [0.29, 0.717) is 18.3 Å². The van der Waals surface area contributed by atoms with Gasteiger partial charge in [0.15, 0.2) is 0 Å². The maximum Gasteiger partial charge on any atom is 0.325 e. The molecule has 0 saturated carbocycles. The Hall–Kier alpha value is -3.66. The zero-order valence-corrected chi connectivity index (χ0v) is 18.7. The third-order valence-electron chi connectivity index (χ3n) is 5.14. The lowest BCUT2D eigenvalue weighted by molar-refractivity contribution is 0.245. The molecule has 3 rings (SSSR count). The van der Waals surface area contributed by atoms with E-state index in [1.807, 2.05) is 24.3 Å². The van der Waals surface area contributed by atoms with Gasteiger partial charge in [0, 0.05) is 31.4 Å². The number of fused-ring (bicyclic) bond motifs is 1. The maximum absolute atomic E-state index is 12.2. The van der Waals surface area contributed by atoms with Crippen LogP contribution in [0.1, 0.15) is 20.3 Å². The number of amides is 3. The Kier molecular flexibility index (Phi) is 7.98. The number of hydrogen-bond acceptors (Lipinski definition) is 6. The molecular weight excluding hydrogens is 408 g/mol. The van der Waals surface area contributed by atoms with Gasteiger partial charge in [-0.25, -0.2) is 14.6 Å². The lowest BCUT2D eigenvalue weighted by atomic mass is 10.2. The molecular formula is C22H30N8O2. The summed E-state index contributed by atoms with van der Waals surface area (Å²) in [7, 11) is 1.59. The van der Waals surface area contributed by atoms with Crippen molar-refractivity contribution in [2.24, 2.45) is 0 Å². The van der Waals surface area contributed by atoms with Gasteiger partial charge in [0.05, 0.1) is 11.2 Å². The van der Waals surface area contributed by atoms with Gasteiger partial charge in [-0.05, 0) is 50.3 Å². The quantitative estimate of drug-likeness (QED) is 0.381. The summed E-state index contributed by atoms with van der Waals surface area (Å²) < 4.78 is 1.53. The van der Waals surface area contributed by atoms with E-state index < -0.39 is 0 Å². The Balaban J connectivity index is 1.61. The van der Waals surface area contributed by atoms with Gasteiger partial charge in [-0.15, -0.1) is 0 Å². The second-order valence-electron chi connectivity index (χ2n) is 7.13. The van der Waals surface area contributed by atoms with Crippen LogP contribution in [0.3, 0.4) is 0 Å². The summed E-state index contributed by atoms with van der Waals surface area (Å²) in [5, 5.41) is 12.2. The van der Waals surface area contributed by atoms with E-state index in [2.05, 4.69) is 50.0 Å². The number of nitrogens with zero attached hydrogens (tertiary/aromatic N) is 4. The van der Waals surface area contributed by atoms with E-state index in [9.17, 15) is 9.59 Å². The number of urea groups is 1. The van der Waals surface area contributed by atoms with Crippen molar-refractivity contribution in [3.05, 3.63) is 42.7 Å². The van der Waals surface area contributed by atoms with Crippen molar-refractivity contribution in [3.8, 4) is 0 Å². The fraction of sp³-hybridized carbons (Fsp3) is 0.364. The standard InChI is InChI=1S/C22H30N8O2/c1-4-29(5-2)14-7-12-25-21(31)28-19-10-13-24-20(27-19)26-17-8-6-9-18-16(17)11-15-30(18)22(32)23-3/h6,8-11,13,15H,4-5,7,12,14H2,1-3H3,(H,23,32)(H3,24,25,26,27,28,31). The second-order valence-corrected chi connectivity index (χ2v) is 7.13. The highest BCUT2D eigenvalue weighted by atomic mass is 16.2. The van der Waals surface area contributed by atoms with E-state index in [1.165, 1.54) is 4.57 Å². The molecule has 0 aliphatic heterocycles. The molecule has 0 unspecified atom stereocenters. The molecule has 2 aromatic heterocycles. The van der Waals surface area contributed by atoms with Gasteiger partial charge in [0.2, 0.25) is 5.95 Å². The number of aromatic nitrogens is 3. The lowest BCUT2D eigenvalue weighted by Crippen LogP contribution is -2.32. The van der Waals surface area contributed by atoms with Crippen molar-refractivity contribution in [2.45, 2.75) is 20.3 Å². The normalized spacial score (nSPS) is 10.9. The zero-order valence-electron chi connectivity index (χ0n) is 18.7. The summed E-state index contributed by atoms with van der Waals surface area (Å²) in [6.45, 7) is 7.79. The van der Waals surface area contributed by atoms with Crippen LogP contribution < -0.4 is 21.3 Å². The van der Waals surface area contributed by atoms with Gasteiger partial charge in [-0.2, -0.15) is 4.98 Å². The molecule has 0 atom stereocenters. The van der Waals surface area contributed by atoms with Crippen LogP contribution in [0.2, 0.25) is 0 Å². The molecule has 10 nitrogen and oxygen atoms in total. The number of carbonyl (C=O) groups excluding carboxylic acids is 2. The summed E-state index contributed by atoms with van der Waals surface area (Å²) in [5.74, 6) is 0.725. The average molecular weight is 439 g/mol. The monoisotopic (exact) mass is 438 g/mol. The molecule has 0 aliphatic rings. The first-order chi connectivity index (χ1) is 15.5. The number of rotatable bonds is 9. The summed E-state index contributed by atoms with van der Waals surface area (Å²) in [4.78, 5) is 35.1. The first-order valence-corrected chi connectivity index (χ1v) is 10.7. The minimum Gasteiger partial charge on any atom is -0.340 e. The van der Waals surface area contributed by atoms with Crippen molar-refractivity contribution in [2.75, 3.05) is 43.9 Å². The molecule has 32 heavy (non-hydrogen) atoms. The molecule has 3 amide bonds. The SMILES string of the molecule is CCN(CC)CCCNC(=O)Nc1ccnc(Nc2cccc3c2ccn3C(=O)NC)n1. The number of nitrogens with one attached hydrogen (secondary N) is 4. The number of hydrogen-bond donors (Lipinski definition) is 4. The molecule has 1 aromatic carbocycles.